The molecule has 0 aromatic heterocycles. The number of rotatable bonds is 5. The van der Waals surface area contributed by atoms with E-state index in [4.69, 9.17) is 0 Å². The van der Waals surface area contributed by atoms with Crippen molar-refractivity contribution in [2.75, 3.05) is 0 Å². The summed E-state index contributed by atoms with van der Waals surface area (Å²) in [6, 6.07) is 8.27. The lowest BCUT2D eigenvalue weighted by Gasteiger charge is -2.42. The molecule has 0 aliphatic heterocycles. The van der Waals surface area contributed by atoms with Crippen LogP contribution in [-0.2, 0) is 10.8 Å². The monoisotopic (exact) mass is 560 g/mol. The highest BCUT2D eigenvalue weighted by molar-refractivity contribution is 5.53. The summed E-state index contributed by atoms with van der Waals surface area (Å²) in [5.74, 6) is 0.951. The van der Waals surface area contributed by atoms with Gasteiger partial charge < -0.3 is 15.3 Å². The van der Waals surface area contributed by atoms with Crippen molar-refractivity contribution in [1.29, 1.82) is 0 Å². The number of phenolic OH excluding ortho intramolecular Hbond substituents is 2. The van der Waals surface area contributed by atoms with E-state index < -0.39 is 5.60 Å². The molecule has 1 aliphatic rings. The maximum atomic E-state index is 11.3. The average molecular weight is 561 g/mol. The number of hydrogen-bond donors (Lipinski definition) is 3. The number of phenols is 2. The zero-order valence-corrected chi connectivity index (χ0v) is 28.2. The van der Waals surface area contributed by atoms with Crippen molar-refractivity contribution in [3.05, 3.63) is 80.9 Å². The first-order chi connectivity index (χ1) is 18.4. The third-order valence-corrected chi connectivity index (χ3v) is 9.13. The SMILES string of the molecule is CC1=CC(C)(O)C(C(C)(C)C)C=C1C(C)CC(c1cc(C(C)(C)C)c(O)cc1C)c1cc(C(C)(C)C)c(O)cc1C. The van der Waals surface area contributed by atoms with Gasteiger partial charge in [0.15, 0.2) is 0 Å². The number of aliphatic hydroxyl groups is 1. The number of aromatic hydroxyl groups is 2. The van der Waals surface area contributed by atoms with E-state index in [0.29, 0.717) is 11.5 Å². The fraction of sp³-hybridized carbons (Fsp3) is 0.579. The Morgan fingerprint density at radius 2 is 1.17 bits per heavy atom. The molecule has 0 fully saturated rings. The van der Waals surface area contributed by atoms with Crippen molar-refractivity contribution in [3.63, 3.8) is 0 Å². The van der Waals surface area contributed by atoms with Gasteiger partial charge >= 0.3 is 0 Å². The Bertz CT molecular complexity index is 1280. The molecule has 0 bridgehead atoms. The highest BCUT2D eigenvalue weighted by Gasteiger charge is 2.41. The van der Waals surface area contributed by atoms with E-state index in [1.807, 2.05) is 19.1 Å². The van der Waals surface area contributed by atoms with Gasteiger partial charge in [-0.25, -0.2) is 0 Å². The van der Waals surface area contributed by atoms with Gasteiger partial charge in [-0.15, -0.1) is 0 Å². The molecular formula is C38H56O3. The van der Waals surface area contributed by atoms with Gasteiger partial charge in [0.25, 0.3) is 0 Å². The number of allylic oxidation sites excluding steroid dienone is 2. The molecule has 0 amide bonds. The average Bonchev–Trinajstić information content (AvgIpc) is 2.74. The summed E-state index contributed by atoms with van der Waals surface area (Å²) in [6.07, 6.45) is 5.24. The lowest BCUT2D eigenvalue weighted by atomic mass is 9.65. The molecule has 41 heavy (non-hydrogen) atoms. The number of aryl methyl sites for hydroxylation is 2. The summed E-state index contributed by atoms with van der Waals surface area (Å²) in [7, 11) is 0. The molecule has 3 atom stereocenters. The van der Waals surface area contributed by atoms with Crippen LogP contribution >= 0.6 is 0 Å². The predicted molar refractivity (Wildman–Crippen MR) is 174 cm³/mol. The zero-order valence-electron chi connectivity index (χ0n) is 28.2. The van der Waals surface area contributed by atoms with Crippen LogP contribution in [0.25, 0.3) is 0 Å². The van der Waals surface area contributed by atoms with Crippen molar-refractivity contribution in [3.8, 4) is 11.5 Å². The van der Waals surface area contributed by atoms with Gasteiger partial charge in [-0.2, -0.15) is 0 Å². The van der Waals surface area contributed by atoms with E-state index in [-0.39, 0.29) is 34.0 Å². The molecular weight excluding hydrogens is 504 g/mol. The van der Waals surface area contributed by atoms with E-state index in [2.05, 4.69) is 114 Å². The third-order valence-electron chi connectivity index (χ3n) is 9.13. The standard InChI is InChI=1S/C38H56O3/c1-22(26-20-34(37(11,12)13)38(14,41)21-25(26)4)15-29(27-18-30(35(5,6)7)32(39)16-23(27)2)28-19-31(36(8,9)10)33(40)17-24(28)3/h16-22,29,34,39-41H,15H2,1-14H3. The molecule has 3 heteroatoms. The molecule has 0 heterocycles. The van der Waals surface area contributed by atoms with Gasteiger partial charge in [0, 0.05) is 11.8 Å². The van der Waals surface area contributed by atoms with E-state index in [1.54, 1.807) is 0 Å². The Labute approximate surface area is 250 Å². The van der Waals surface area contributed by atoms with E-state index in [1.165, 1.54) is 16.7 Å². The van der Waals surface area contributed by atoms with Crippen LogP contribution < -0.4 is 0 Å². The summed E-state index contributed by atoms with van der Waals surface area (Å²) in [4.78, 5) is 0. The molecule has 226 valence electrons. The van der Waals surface area contributed by atoms with E-state index in [0.717, 1.165) is 34.2 Å². The fourth-order valence-corrected chi connectivity index (χ4v) is 7.04. The van der Waals surface area contributed by atoms with Gasteiger partial charge in [0.1, 0.15) is 11.5 Å². The smallest absolute Gasteiger partial charge is 0.119 e. The van der Waals surface area contributed by atoms with Crippen LogP contribution in [0.5, 0.6) is 11.5 Å². The molecule has 0 radical (unpaired) electrons. The molecule has 3 unspecified atom stereocenters. The molecule has 0 saturated heterocycles. The first-order valence-electron chi connectivity index (χ1n) is 15.3. The minimum atomic E-state index is -0.894. The van der Waals surface area contributed by atoms with Crippen LogP contribution in [0.4, 0.5) is 0 Å². The van der Waals surface area contributed by atoms with Gasteiger partial charge in [-0.05, 0) is 119 Å². The first kappa shape index (κ1) is 33.0. The third kappa shape index (κ3) is 6.94. The van der Waals surface area contributed by atoms with Crippen LogP contribution in [-0.4, -0.2) is 20.9 Å². The Morgan fingerprint density at radius 3 is 1.54 bits per heavy atom. The zero-order chi connectivity index (χ0) is 31.5. The molecule has 2 aromatic rings. The number of benzene rings is 2. The molecule has 3 nitrogen and oxygen atoms in total. The van der Waals surface area contributed by atoms with Gasteiger partial charge in [0.05, 0.1) is 5.60 Å². The van der Waals surface area contributed by atoms with Crippen LogP contribution in [0, 0.1) is 31.1 Å². The van der Waals surface area contributed by atoms with Crippen molar-refractivity contribution in [1.82, 2.24) is 0 Å². The Kier molecular flexibility index (Phi) is 8.81. The Morgan fingerprint density at radius 1 is 0.756 bits per heavy atom. The topological polar surface area (TPSA) is 60.7 Å². The van der Waals surface area contributed by atoms with Crippen LogP contribution in [0.1, 0.15) is 129 Å². The Hall–Kier alpha value is -2.52. The Balaban J connectivity index is 2.27. The fourth-order valence-electron chi connectivity index (χ4n) is 7.04. The highest BCUT2D eigenvalue weighted by atomic mass is 16.3. The second kappa shape index (κ2) is 11.0. The van der Waals surface area contributed by atoms with Gasteiger partial charge in [-0.3, -0.25) is 0 Å². The van der Waals surface area contributed by atoms with Crippen LogP contribution in [0.15, 0.2) is 47.6 Å². The second-order valence-corrected chi connectivity index (χ2v) is 16.2. The van der Waals surface area contributed by atoms with Crippen molar-refractivity contribution in [2.45, 2.75) is 126 Å². The lowest BCUT2D eigenvalue weighted by Crippen LogP contribution is -2.42. The normalized spacial score (nSPS) is 21.1. The molecule has 0 saturated carbocycles. The van der Waals surface area contributed by atoms with Gasteiger partial charge in [0.2, 0.25) is 0 Å². The summed E-state index contributed by atoms with van der Waals surface area (Å²) in [5.41, 5.74) is 7.48. The molecule has 2 aromatic carbocycles. The maximum Gasteiger partial charge on any atom is 0.119 e. The minimum absolute atomic E-state index is 0.000374. The highest BCUT2D eigenvalue weighted by Crippen LogP contribution is 2.47. The minimum Gasteiger partial charge on any atom is -0.508 e. The molecule has 3 N–H and O–H groups in total. The van der Waals surface area contributed by atoms with Crippen molar-refractivity contribution < 1.29 is 15.3 Å². The number of hydrogen-bond acceptors (Lipinski definition) is 3. The van der Waals surface area contributed by atoms with Gasteiger partial charge in [-0.1, -0.05) is 87.4 Å². The van der Waals surface area contributed by atoms with E-state index in [9.17, 15) is 15.3 Å². The lowest BCUT2D eigenvalue weighted by molar-refractivity contribution is 0.0145. The summed E-state index contributed by atoms with van der Waals surface area (Å²) >= 11 is 0. The molecule has 3 rings (SSSR count). The maximum absolute atomic E-state index is 11.3. The first-order valence-corrected chi connectivity index (χ1v) is 15.3. The second-order valence-electron chi connectivity index (χ2n) is 16.2. The van der Waals surface area contributed by atoms with E-state index >= 15 is 0 Å². The summed E-state index contributed by atoms with van der Waals surface area (Å²) in [5, 5.41) is 33.2. The summed E-state index contributed by atoms with van der Waals surface area (Å²) in [6.45, 7) is 30.0. The van der Waals surface area contributed by atoms with Crippen LogP contribution in [0.2, 0.25) is 0 Å². The summed E-state index contributed by atoms with van der Waals surface area (Å²) < 4.78 is 0. The largest absolute Gasteiger partial charge is 0.508 e. The molecule has 0 spiro atoms. The quantitative estimate of drug-likeness (QED) is 0.341. The van der Waals surface area contributed by atoms with Crippen molar-refractivity contribution >= 4 is 0 Å². The predicted octanol–water partition coefficient (Wildman–Crippen LogP) is 9.77. The molecule has 1 aliphatic carbocycles. The van der Waals surface area contributed by atoms with Crippen LogP contribution in [0.3, 0.4) is 0 Å². The van der Waals surface area contributed by atoms with Crippen molar-refractivity contribution in [2.24, 2.45) is 17.3 Å².